The van der Waals surface area contributed by atoms with Gasteiger partial charge in [0.2, 0.25) is 5.91 Å². The average molecular weight is 808 g/mol. The van der Waals surface area contributed by atoms with Gasteiger partial charge in [-0.3, -0.25) is 19.2 Å². The minimum atomic E-state index is -0.359. The van der Waals surface area contributed by atoms with E-state index < -0.39 is 0 Å². The molecule has 2 fully saturated rings. The van der Waals surface area contributed by atoms with Crippen LogP contribution >= 0.6 is 0 Å². The molecular weight excluding hydrogens is 739 g/mol. The summed E-state index contributed by atoms with van der Waals surface area (Å²) in [5.41, 5.74) is 2.04. The number of amides is 1. The van der Waals surface area contributed by atoms with Crippen LogP contribution in [0.5, 0.6) is 6.01 Å². The Balaban J connectivity index is 1.19. The lowest BCUT2D eigenvalue weighted by Crippen LogP contribution is -2.40. The van der Waals surface area contributed by atoms with E-state index in [0.29, 0.717) is 67.9 Å². The minimum absolute atomic E-state index is 0.141. The van der Waals surface area contributed by atoms with Gasteiger partial charge in [-0.15, -0.1) is 0 Å². The van der Waals surface area contributed by atoms with Crippen molar-refractivity contribution in [2.75, 3.05) is 92.7 Å². The molecule has 1 aliphatic carbocycles. The van der Waals surface area contributed by atoms with E-state index >= 15 is 0 Å². The normalized spacial score (nSPS) is 17.7. The molecule has 1 saturated carbocycles. The van der Waals surface area contributed by atoms with Gasteiger partial charge in [0.25, 0.3) is 0 Å². The van der Waals surface area contributed by atoms with Crippen LogP contribution in [0.15, 0.2) is 29.1 Å². The number of fused-ring (bicyclic) bond motifs is 1. The Bertz CT molecular complexity index is 1770. The number of carbonyl (C=O) groups excluding carboxylic acids is 2. The van der Waals surface area contributed by atoms with Crippen molar-refractivity contribution in [2.45, 2.75) is 109 Å². The number of methoxy groups -OCH3 is 1. The van der Waals surface area contributed by atoms with Gasteiger partial charge in [0.05, 0.1) is 32.5 Å². The Morgan fingerprint density at radius 3 is 2.40 bits per heavy atom. The third-order valence-electron chi connectivity index (χ3n) is 11.7. The molecule has 1 aliphatic heterocycles. The van der Waals surface area contributed by atoms with Crippen LogP contribution < -0.4 is 15.7 Å². The quantitative estimate of drug-likeness (QED) is 0.0927. The third-order valence-corrected chi connectivity index (χ3v) is 11.7. The minimum Gasteiger partial charge on any atom is -0.465 e. The maximum Gasteiger partial charge on any atom is 0.337 e. The van der Waals surface area contributed by atoms with E-state index in [4.69, 9.17) is 14.2 Å². The van der Waals surface area contributed by atoms with E-state index in [9.17, 15) is 14.4 Å². The van der Waals surface area contributed by atoms with Crippen molar-refractivity contribution in [2.24, 2.45) is 0 Å². The van der Waals surface area contributed by atoms with Gasteiger partial charge in [-0.2, -0.15) is 9.97 Å². The molecular formula is C43H69N9O6. The zero-order valence-corrected chi connectivity index (χ0v) is 35.8. The summed E-state index contributed by atoms with van der Waals surface area (Å²) in [7, 11) is 7.98. The van der Waals surface area contributed by atoms with E-state index in [-0.39, 0.29) is 29.4 Å². The highest BCUT2D eigenvalue weighted by molar-refractivity contribution is 5.97. The Hall–Kier alpha value is -3.89. The molecule has 1 saturated heterocycles. The van der Waals surface area contributed by atoms with Crippen LogP contribution in [0.25, 0.3) is 11.2 Å². The van der Waals surface area contributed by atoms with Crippen LogP contribution in [0, 0.1) is 0 Å². The summed E-state index contributed by atoms with van der Waals surface area (Å²) in [5.74, 6) is -0.241. The largest absolute Gasteiger partial charge is 0.465 e. The zero-order valence-electron chi connectivity index (χ0n) is 35.8. The van der Waals surface area contributed by atoms with E-state index in [0.717, 1.165) is 90.0 Å². The monoisotopic (exact) mass is 808 g/mol. The summed E-state index contributed by atoms with van der Waals surface area (Å²) < 4.78 is 18.0. The summed E-state index contributed by atoms with van der Waals surface area (Å²) in [6, 6.07) is 9.03. The molecule has 0 bridgehead atoms. The lowest BCUT2D eigenvalue weighted by Gasteiger charge is -2.37. The summed E-state index contributed by atoms with van der Waals surface area (Å²) in [5, 5.41) is 2.97. The SMILES string of the molecule is CCCCOc1nc(NC(=O)CCCCCN(C)C2CCC(N(C)C)CC2)c2[nH]c(=O)n(CCCN(CCCN3CCOCC3)Cc3cccc(C(=O)OC)c3)c2n1. The van der Waals surface area contributed by atoms with Crippen molar-refractivity contribution in [3.63, 3.8) is 0 Å². The topological polar surface area (TPSA) is 150 Å². The molecule has 0 radical (unpaired) electrons. The number of aryl methyl sites for hydroxylation is 1. The van der Waals surface area contributed by atoms with Crippen LogP contribution in [-0.4, -0.2) is 150 Å². The highest BCUT2D eigenvalue weighted by Gasteiger charge is 2.25. The first kappa shape index (κ1) is 45.2. The highest BCUT2D eigenvalue weighted by Crippen LogP contribution is 2.25. The number of carbonyl (C=O) groups is 2. The van der Waals surface area contributed by atoms with Crippen LogP contribution in [0.1, 0.15) is 99.9 Å². The molecule has 322 valence electrons. The summed E-state index contributed by atoms with van der Waals surface area (Å²) in [4.78, 5) is 60.7. The third kappa shape index (κ3) is 13.9. The molecule has 58 heavy (non-hydrogen) atoms. The molecule has 1 aromatic carbocycles. The highest BCUT2D eigenvalue weighted by atomic mass is 16.5. The number of hydrogen-bond donors (Lipinski definition) is 2. The molecule has 0 unspecified atom stereocenters. The second-order valence-corrected chi connectivity index (χ2v) is 16.2. The summed E-state index contributed by atoms with van der Waals surface area (Å²) >= 11 is 0. The second kappa shape index (κ2) is 23.6. The van der Waals surface area contributed by atoms with Gasteiger partial charge in [0.1, 0.15) is 5.52 Å². The standard InChI is InChI=1S/C43H69N9O6/c1-6-7-28-58-42-46-39(44-37(53)16-9-8-10-21-49(4)36-19-17-35(18-20-36)48(2)3)38-40(47-42)52(43(55)45-38)25-13-24-51(23-12-22-50-26-29-57-30-27-50)32-33-14-11-15-34(31-33)41(54)56-5/h11,14-15,31,35-36H,6-10,12-13,16-30,32H2,1-5H3,(H,45,55)(H,44,46,47,53). The number of esters is 1. The first-order chi connectivity index (χ1) is 28.1. The number of aromatic amines is 1. The van der Waals surface area contributed by atoms with Crippen LogP contribution in [-0.2, 0) is 27.4 Å². The molecule has 3 heterocycles. The zero-order chi connectivity index (χ0) is 41.3. The second-order valence-electron chi connectivity index (χ2n) is 16.2. The number of nitrogens with one attached hydrogen (secondary N) is 2. The molecule has 15 heteroatoms. The molecule has 2 N–H and O–H groups in total. The van der Waals surface area contributed by atoms with Gasteiger partial charge in [-0.25, -0.2) is 9.59 Å². The van der Waals surface area contributed by atoms with Crippen molar-refractivity contribution in [1.29, 1.82) is 0 Å². The molecule has 2 aromatic heterocycles. The average Bonchev–Trinajstić information content (AvgIpc) is 3.55. The predicted octanol–water partition coefficient (Wildman–Crippen LogP) is 5.00. The van der Waals surface area contributed by atoms with E-state index in [1.807, 2.05) is 18.2 Å². The van der Waals surface area contributed by atoms with Crippen LogP contribution in [0.3, 0.4) is 0 Å². The van der Waals surface area contributed by atoms with E-state index in [1.165, 1.54) is 32.8 Å². The Morgan fingerprint density at radius 1 is 0.931 bits per heavy atom. The number of aromatic nitrogens is 4. The number of anilines is 1. The van der Waals surface area contributed by atoms with Crippen molar-refractivity contribution >= 4 is 28.9 Å². The van der Waals surface area contributed by atoms with Gasteiger partial charge in [0.15, 0.2) is 11.5 Å². The van der Waals surface area contributed by atoms with Gasteiger partial charge in [-0.1, -0.05) is 31.9 Å². The summed E-state index contributed by atoms with van der Waals surface area (Å²) in [6.45, 7) is 10.6. The maximum absolute atomic E-state index is 13.5. The molecule has 5 rings (SSSR count). The Morgan fingerprint density at radius 2 is 1.67 bits per heavy atom. The fourth-order valence-electron chi connectivity index (χ4n) is 8.13. The smallest absolute Gasteiger partial charge is 0.337 e. The van der Waals surface area contributed by atoms with Crippen LogP contribution in [0.2, 0.25) is 0 Å². The van der Waals surface area contributed by atoms with Crippen molar-refractivity contribution in [1.82, 2.24) is 39.1 Å². The van der Waals surface area contributed by atoms with E-state index in [1.54, 1.807) is 10.6 Å². The molecule has 1 amide bonds. The Kier molecular flexibility index (Phi) is 18.4. The van der Waals surface area contributed by atoms with Crippen molar-refractivity contribution in [3.8, 4) is 6.01 Å². The fraction of sp³-hybridized carbons (Fsp3) is 0.698. The molecule has 3 aromatic rings. The first-order valence-electron chi connectivity index (χ1n) is 21.6. The molecule has 2 aliphatic rings. The number of ether oxygens (including phenoxy) is 3. The fourth-order valence-corrected chi connectivity index (χ4v) is 8.13. The maximum atomic E-state index is 13.5. The van der Waals surface area contributed by atoms with Crippen LogP contribution in [0.4, 0.5) is 5.82 Å². The number of morpholine rings is 1. The molecule has 0 atom stereocenters. The number of hydrogen-bond acceptors (Lipinski definition) is 12. The van der Waals surface area contributed by atoms with Crippen molar-refractivity contribution < 1.29 is 23.8 Å². The lowest BCUT2D eigenvalue weighted by atomic mass is 9.89. The predicted molar refractivity (Wildman–Crippen MR) is 228 cm³/mol. The number of imidazole rings is 1. The van der Waals surface area contributed by atoms with Gasteiger partial charge in [-0.05, 0) is 116 Å². The van der Waals surface area contributed by atoms with E-state index in [2.05, 4.69) is 67.9 Å². The number of rotatable bonds is 24. The van der Waals surface area contributed by atoms with Crippen molar-refractivity contribution in [3.05, 3.63) is 45.9 Å². The molecule has 0 spiro atoms. The molecule has 15 nitrogen and oxygen atoms in total. The Labute approximate surface area is 344 Å². The van der Waals surface area contributed by atoms with Gasteiger partial charge < -0.3 is 34.3 Å². The first-order valence-corrected chi connectivity index (χ1v) is 21.6. The summed E-state index contributed by atoms with van der Waals surface area (Å²) in [6.07, 6.45) is 11.6. The lowest BCUT2D eigenvalue weighted by molar-refractivity contribution is -0.116. The number of unbranched alkanes of at least 4 members (excludes halogenated alkanes) is 3. The number of H-pyrrole nitrogens is 1. The van der Waals surface area contributed by atoms with Gasteiger partial charge in [0, 0.05) is 51.2 Å². The number of nitrogens with zero attached hydrogens (tertiary/aromatic N) is 7. The van der Waals surface area contributed by atoms with Gasteiger partial charge >= 0.3 is 17.7 Å². The number of benzene rings is 1.